The van der Waals surface area contributed by atoms with Crippen molar-refractivity contribution in [3.05, 3.63) is 0 Å². The van der Waals surface area contributed by atoms with E-state index in [-0.39, 0.29) is 19.3 Å². The van der Waals surface area contributed by atoms with Gasteiger partial charge in [0.25, 0.3) is 0 Å². The lowest BCUT2D eigenvalue weighted by Gasteiger charge is -2.44. The predicted octanol–water partition coefficient (Wildman–Crippen LogP) is 1.55. The van der Waals surface area contributed by atoms with Gasteiger partial charge >= 0.3 is 6.18 Å². The molecule has 0 aromatic heterocycles. The molecule has 8 heteroatoms. The minimum Gasteiger partial charge on any atom is -0.394 e. The third-order valence-corrected chi connectivity index (χ3v) is 4.62. The number of Topliss-reactive ketones (excluding diaryl/α,β-unsaturated/α-hetero) is 1. The SMILES string of the molecule is O=C(CC1(CC(O)CO)CCC2(CC1)OCCO2)C(F)(F)F. The molecule has 1 aliphatic heterocycles. The fourth-order valence-electron chi connectivity index (χ4n) is 3.41. The predicted molar refractivity (Wildman–Crippen MR) is 68.9 cm³/mol. The summed E-state index contributed by atoms with van der Waals surface area (Å²) in [5, 5.41) is 18.6. The summed E-state index contributed by atoms with van der Waals surface area (Å²) >= 11 is 0. The fraction of sp³-hybridized carbons (Fsp3) is 0.929. The summed E-state index contributed by atoms with van der Waals surface area (Å²) in [4.78, 5) is 11.4. The summed E-state index contributed by atoms with van der Waals surface area (Å²) in [6.07, 6.45) is -5.40. The summed E-state index contributed by atoms with van der Waals surface area (Å²) < 4.78 is 48.8. The van der Waals surface area contributed by atoms with E-state index in [1.54, 1.807) is 0 Å². The summed E-state index contributed by atoms with van der Waals surface area (Å²) in [5.74, 6) is -2.54. The molecule has 2 fully saturated rings. The van der Waals surface area contributed by atoms with E-state index in [0.717, 1.165) is 0 Å². The van der Waals surface area contributed by atoms with Gasteiger partial charge in [0.15, 0.2) is 5.79 Å². The molecule has 1 atom stereocenters. The minimum atomic E-state index is -4.88. The Labute approximate surface area is 126 Å². The van der Waals surface area contributed by atoms with E-state index in [4.69, 9.17) is 14.6 Å². The Bertz CT molecular complexity index is 394. The largest absolute Gasteiger partial charge is 0.449 e. The van der Waals surface area contributed by atoms with Crippen molar-refractivity contribution in [1.82, 2.24) is 0 Å². The molecule has 0 amide bonds. The Morgan fingerprint density at radius 2 is 1.68 bits per heavy atom. The first-order valence-corrected chi connectivity index (χ1v) is 7.37. The average molecular weight is 326 g/mol. The van der Waals surface area contributed by atoms with Crippen LogP contribution >= 0.6 is 0 Å². The monoisotopic (exact) mass is 326 g/mol. The second-order valence-corrected chi connectivity index (χ2v) is 6.25. The number of aliphatic hydroxyl groups is 2. The molecule has 2 N–H and O–H groups in total. The van der Waals surface area contributed by atoms with Gasteiger partial charge in [-0.05, 0) is 24.7 Å². The van der Waals surface area contributed by atoms with E-state index in [0.29, 0.717) is 26.1 Å². The van der Waals surface area contributed by atoms with Crippen LogP contribution in [0.25, 0.3) is 0 Å². The molecule has 0 radical (unpaired) electrons. The van der Waals surface area contributed by atoms with Crippen LogP contribution in [-0.4, -0.2) is 53.9 Å². The molecule has 1 spiro atoms. The van der Waals surface area contributed by atoms with Gasteiger partial charge < -0.3 is 19.7 Å². The summed E-state index contributed by atoms with van der Waals surface area (Å²) in [6.45, 7) is 0.363. The normalized spacial score (nSPS) is 25.3. The van der Waals surface area contributed by atoms with Gasteiger partial charge in [0, 0.05) is 19.3 Å². The van der Waals surface area contributed by atoms with Crippen LogP contribution in [0.5, 0.6) is 0 Å². The molecule has 2 rings (SSSR count). The number of rotatable bonds is 5. The third kappa shape index (κ3) is 3.98. The number of carbonyl (C=O) groups is 1. The number of alkyl halides is 3. The number of hydrogen-bond donors (Lipinski definition) is 2. The van der Waals surface area contributed by atoms with Gasteiger partial charge in [0.2, 0.25) is 5.78 Å². The highest BCUT2D eigenvalue weighted by Gasteiger charge is 2.50. The van der Waals surface area contributed by atoms with E-state index in [1.807, 2.05) is 0 Å². The van der Waals surface area contributed by atoms with Gasteiger partial charge in [-0.1, -0.05) is 0 Å². The van der Waals surface area contributed by atoms with Crippen LogP contribution in [-0.2, 0) is 14.3 Å². The third-order valence-electron chi connectivity index (χ3n) is 4.62. The van der Waals surface area contributed by atoms with Gasteiger partial charge in [-0.2, -0.15) is 13.2 Å². The first kappa shape index (κ1) is 17.7. The van der Waals surface area contributed by atoms with Crippen molar-refractivity contribution in [2.45, 2.75) is 56.6 Å². The lowest BCUT2D eigenvalue weighted by atomic mass is 9.66. The van der Waals surface area contributed by atoms with Crippen LogP contribution in [0.1, 0.15) is 38.5 Å². The van der Waals surface area contributed by atoms with Crippen molar-refractivity contribution in [2.75, 3.05) is 19.8 Å². The van der Waals surface area contributed by atoms with Gasteiger partial charge in [-0.3, -0.25) is 4.79 Å². The maximum Gasteiger partial charge on any atom is 0.449 e. The van der Waals surface area contributed by atoms with Crippen LogP contribution in [0.4, 0.5) is 13.2 Å². The second kappa shape index (κ2) is 6.43. The van der Waals surface area contributed by atoms with Crippen molar-refractivity contribution in [1.29, 1.82) is 0 Å². The topological polar surface area (TPSA) is 76.0 Å². The van der Waals surface area contributed by atoms with E-state index in [2.05, 4.69) is 0 Å². The number of ketones is 1. The zero-order valence-electron chi connectivity index (χ0n) is 12.2. The van der Waals surface area contributed by atoms with Gasteiger partial charge in [-0.15, -0.1) is 0 Å². The number of halogens is 3. The fourth-order valence-corrected chi connectivity index (χ4v) is 3.41. The zero-order chi connectivity index (χ0) is 16.4. The summed E-state index contributed by atoms with van der Waals surface area (Å²) in [6, 6.07) is 0. The van der Waals surface area contributed by atoms with Gasteiger partial charge in [0.05, 0.1) is 25.9 Å². The van der Waals surface area contributed by atoms with Crippen molar-refractivity contribution in [3.63, 3.8) is 0 Å². The second-order valence-electron chi connectivity index (χ2n) is 6.25. The van der Waals surface area contributed by atoms with Crippen LogP contribution in [0.15, 0.2) is 0 Å². The first-order chi connectivity index (χ1) is 10.2. The smallest absolute Gasteiger partial charge is 0.394 e. The zero-order valence-corrected chi connectivity index (χ0v) is 12.2. The molecule has 128 valence electrons. The lowest BCUT2D eigenvalue weighted by molar-refractivity contribution is -0.199. The average Bonchev–Trinajstić information content (AvgIpc) is 2.90. The molecule has 1 saturated heterocycles. The molecule has 2 aliphatic rings. The van der Waals surface area contributed by atoms with E-state index in [9.17, 15) is 23.1 Å². The summed E-state index contributed by atoms with van der Waals surface area (Å²) in [7, 11) is 0. The molecule has 1 heterocycles. The highest BCUT2D eigenvalue weighted by molar-refractivity contribution is 5.84. The quantitative estimate of drug-likeness (QED) is 0.802. The van der Waals surface area contributed by atoms with E-state index < -0.39 is 42.3 Å². The maximum atomic E-state index is 12.6. The molecule has 0 aromatic rings. The molecule has 1 saturated carbocycles. The molecule has 0 bridgehead atoms. The van der Waals surface area contributed by atoms with Gasteiger partial charge in [0.1, 0.15) is 0 Å². The first-order valence-electron chi connectivity index (χ1n) is 7.37. The highest BCUT2D eigenvalue weighted by Crippen LogP contribution is 2.50. The Kier molecular flexibility index (Phi) is 5.16. The van der Waals surface area contributed by atoms with E-state index in [1.165, 1.54) is 0 Å². The van der Waals surface area contributed by atoms with Crippen LogP contribution < -0.4 is 0 Å². The van der Waals surface area contributed by atoms with Crippen molar-refractivity contribution < 1.29 is 37.7 Å². The Hall–Kier alpha value is -0.700. The number of aliphatic hydroxyl groups excluding tert-OH is 2. The minimum absolute atomic E-state index is 0.0403. The lowest BCUT2D eigenvalue weighted by Crippen LogP contribution is -2.44. The standard InChI is InChI=1S/C14H21F3O5/c15-14(16,17)11(20)8-12(7-10(19)9-18)1-3-13(4-2-12)21-5-6-22-13/h10,18-19H,1-9H2. The Balaban J connectivity index is 2.08. The van der Waals surface area contributed by atoms with Crippen molar-refractivity contribution in [2.24, 2.45) is 5.41 Å². The number of carbonyl (C=O) groups excluding carboxylic acids is 1. The number of ether oxygens (including phenoxy) is 2. The van der Waals surface area contributed by atoms with Crippen molar-refractivity contribution in [3.8, 4) is 0 Å². The van der Waals surface area contributed by atoms with Crippen molar-refractivity contribution >= 4 is 5.78 Å². The molecular weight excluding hydrogens is 305 g/mol. The Morgan fingerprint density at radius 3 is 2.14 bits per heavy atom. The molecule has 0 aromatic carbocycles. The van der Waals surface area contributed by atoms with Crippen LogP contribution in [0.3, 0.4) is 0 Å². The highest BCUT2D eigenvalue weighted by atomic mass is 19.4. The maximum absolute atomic E-state index is 12.6. The molecule has 22 heavy (non-hydrogen) atoms. The molecular formula is C14H21F3O5. The summed E-state index contributed by atoms with van der Waals surface area (Å²) in [5.41, 5.74) is -0.977. The molecule has 5 nitrogen and oxygen atoms in total. The Morgan fingerprint density at radius 1 is 1.14 bits per heavy atom. The molecule has 1 aliphatic carbocycles. The van der Waals surface area contributed by atoms with Gasteiger partial charge in [-0.25, -0.2) is 0 Å². The number of hydrogen-bond acceptors (Lipinski definition) is 5. The molecule has 1 unspecified atom stereocenters. The van der Waals surface area contributed by atoms with Crippen LogP contribution in [0, 0.1) is 5.41 Å². The van der Waals surface area contributed by atoms with E-state index >= 15 is 0 Å². The van der Waals surface area contributed by atoms with Crippen LogP contribution in [0.2, 0.25) is 0 Å².